The molecule has 0 saturated heterocycles. The largest absolute Gasteiger partial charge is 0.495 e. The predicted octanol–water partition coefficient (Wildman–Crippen LogP) is 1.96. The Kier molecular flexibility index (Phi) is 2.83. The zero-order valence-electron chi connectivity index (χ0n) is 8.95. The van der Waals surface area contributed by atoms with E-state index in [1.807, 2.05) is 19.2 Å². The lowest BCUT2D eigenvalue weighted by Crippen LogP contribution is -2.04. The summed E-state index contributed by atoms with van der Waals surface area (Å²) in [5, 5.41) is 4.24. The van der Waals surface area contributed by atoms with Gasteiger partial charge in [0.2, 0.25) is 0 Å². The molecule has 1 heterocycles. The van der Waals surface area contributed by atoms with Crippen molar-refractivity contribution >= 4 is 10.9 Å². The van der Waals surface area contributed by atoms with Crippen LogP contribution >= 0.6 is 0 Å². The third-order valence-corrected chi connectivity index (χ3v) is 2.34. The fourth-order valence-electron chi connectivity index (χ4n) is 1.59. The first kappa shape index (κ1) is 9.93. The molecule has 0 bridgehead atoms. The lowest BCUT2D eigenvalue weighted by Gasteiger charge is -2.04. The van der Waals surface area contributed by atoms with Gasteiger partial charge < -0.3 is 10.1 Å². The van der Waals surface area contributed by atoms with Crippen molar-refractivity contribution in [3.63, 3.8) is 0 Å². The summed E-state index contributed by atoms with van der Waals surface area (Å²) in [6.07, 6.45) is 1.74. The summed E-state index contributed by atoms with van der Waals surface area (Å²) in [4.78, 5) is 4.31. The van der Waals surface area contributed by atoms with E-state index >= 15 is 0 Å². The molecule has 0 aliphatic heterocycles. The van der Waals surface area contributed by atoms with E-state index in [9.17, 15) is 0 Å². The molecule has 0 atom stereocenters. The van der Waals surface area contributed by atoms with Crippen molar-refractivity contribution in [3.8, 4) is 5.75 Å². The lowest BCUT2D eigenvalue weighted by molar-refractivity contribution is 0.414. The molecule has 0 radical (unpaired) electrons. The SMILES string of the molecule is CNCc1ccc2ncc(OC)cc2c1. The van der Waals surface area contributed by atoms with E-state index in [0.717, 1.165) is 23.2 Å². The highest BCUT2D eigenvalue weighted by Crippen LogP contribution is 2.19. The van der Waals surface area contributed by atoms with Crippen LogP contribution in [0.15, 0.2) is 30.5 Å². The van der Waals surface area contributed by atoms with Gasteiger partial charge in [-0.05, 0) is 30.8 Å². The number of benzene rings is 1. The molecule has 2 rings (SSSR count). The van der Waals surface area contributed by atoms with E-state index in [1.54, 1.807) is 13.3 Å². The van der Waals surface area contributed by atoms with Gasteiger partial charge in [0.25, 0.3) is 0 Å². The van der Waals surface area contributed by atoms with Gasteiger partial charge >= 0.3 is 0 Å². The Labute approximate surface area is 89.1 Å². The van der Waals surface area contributed by atoms with E-state index in [0.29, 0.717) is 0 Å². The summed E-state index contributed by atoms with van der Waals surface area (Å²) in [5.41, 5.74) is 2.25. The molecule has 1 aromatic heterocycles. The van der Waals surface area contributed by atoms with Gasteiger partial charge in [-0.2, -0.15) is 0 Å². The number of nitrogens with one attached hydrogen (secondary N) is 1. The van der Waals surface area contributed by atoms with Crippen LogP contribution in [0.2, 0.25) is 0 Å². The molecule has 15 heavy (non-hydrogen) atoms. The number of hydrogen-bond donors (Lipinski definition) is 1. The Morgan fingerprint density at radius 3 is 2.93 bits per heavy atom. The summed E-state index contributed by atoms with van der Waals surface area (Å²) in [6, 6.07) is 8.24. The van der Waals surface area contributed by atoms with Crippen LogP contribution in [0.25, 0.3) is 10.9 Å². The van der Waals surface area contributed by atoms with Crippen molar-refractivity contribution < 1.29 is 4.74 Å². The minimum Gasteiger partial charge on any atom is -0.495 e. The molecule has 0 unspecified atom stereocenters. The first-order valence-electron chi connectivity index (χ1n) is 4.91. The molecule has 2 aromatic rings. The predicted molar refractivity (Wildman–Crippen MR) is 61.1 cm³/mol. The minimum atomic E-state index is 0.795. The fraction of sp³-hybridized carbons (Fsp3) is 0.250. The Hall–Kier alpha value is -1.61. The molecule has 0 fully saturated rings. The van der Waals surface area contributed by atoms with Gasteiger partial charge in [0, 0.05) is 11.9 Å². The maximum Gasteiger partial charge on any atom is 0.137 e. The molecule has 0 amide bonds. The third kappa shape index (κ3) is 2.07. The standard InChI is InChI=1S/C12H14N2O/c1-13-7-9-3-4-12-10(5-9)6-11(15-2)8-14-12/h3-6,8,13H,7H2,1-2H3. The monoisotopic (exact) mass is 202 g/mol. The molecule has 0 saturated carbocycles. The minimum absolute atomic E-state index is 0.795. The van der Waals surface area contributed by atoms with Crippen molar-refractivity contribution in [1.29, 1.82) is 0 Å². The van der Waals surface area contributed by atoms with Crippen LogP contribution < -0.4 is 10.1 Å². The maximum absolute atomic E-state index is 5.14. The zero-order chi connectivity index (χ0) is 10.7. The van der Waals surface area contributed by atoms with E-state index in [1.165, 1.54) is 5.56 Å². The molecule has 0 aliphatic carbocycles. The van der Waals surface area contributed by atoms with Gasteiger partial charge in [0.1, 0.15) is 5.75 Å². The average Bonchev–Trinajstić information content (AvgIpc) is 2.28. The van der Waals surface area contributed by atoms with Gasteiger partial charge in [-0.3, -0.25) is 4.98 Å². The number of pyridine rings is 1. The van der Waals surface area contributed by atoms with Crippen LogP contribution in [0.3, 0.4) is 0 Å². The van der Waals surface area contributed by atoms with Crippen molar-refractivity contribution in [3.05, 3.63) is 36.0 Å². The highest BCUT2D eigenvalue weighted by molar-refractivity contribution is 5.80. The smallest absolute Gasteiger partial charge is 0.137 e. The van der Waals surface area contributed by atoms with Crippen LogP contribution in [0.4, 0.5) is 0 Å². The quantitative estimate of drug-likeness (QED) is 0.826. The molecule has 78 valence electrons. The van der Waals surface area contributed by atoms with E-state index in [4.69, 9.17) is 4.74 Å². The number of hydrogen-bond acceptors (Lipinski definition) is 3. The Morgan fingerprint density at radius 2 is 2.20 bits per heavy atom. The molecular weight excluding hydrogens is 188 g/mol. The Balaban J connectivity index is 2.48. The summed E-state index contributed by atoms with van der Waals surface area (Å²) in [6.45, 7) is 0.868. The Bertz CT molecular complexity index is 468. The number of nitrogens with zero attached hydrogens (tertiary/aromatic N) is 1. The van der Waals surface area contributed by atoms with E-state index in [-0.39, 0.29) is 0 Å². The summed E-state index contributed by atoms with van der Waals surface area (Å²) < 4.78 is 5.14. The molecule has 1 aromatic carbocycles. The Morgan fingerprint density at radius 1 is 1.33 bits per heavy atom. The highest BCUT2D eigenvalue weighted by atomic mass is 16.5. The number of fused-ring (bicyclic) bond motifs is 1. The van der Waals surface area contributed by atoms with Crippen molar-refractivity contribution in [1.82, 2.24) is 10.3 Å². The molecule has 3 nitrogen and oxygen atoms in total. The number of ether oxygens (including phenoxy) is 1. The van der Waals surface area contributed by atoms with E-state index in [2.05, 4.69) is 22.4 Å². The average molecular weight is 202 g/mol. The maximum atomic E-state index is 5.14. The normalized spacial score (nSPS) is 10.5. The second kappa shape index (κ2) is 4.28. The van der Waals surface area contributed by atoms with Crippen LogP contribution in [0.5, 0.6) is 5.75 Å². The van der Waals surface area contributed by atoms with Crippen molar-refractivity contribution in [2.45, 2.75) is 6.54 Å². The van der Waals surface area contributed by atoms with Crippen LogP contribution in [-0.2, 0) is 6.54 Å². The summed E-state index contributed by atoms with van der Waals surface area (Å²) >= 11 is 0. The van der Waals surface area contributed by atoms with Gasteiger partial charge in [-0.1, -0.05) is 6.07 Å². The second-order valence-corrected chi connectivity index (χ2v) is 3.43. The number of aromatic nitrogens is 1. The van der Waals surface area contributed by atoms with Crippen LogP contribution in [0.1, 0.15) is 5.56 Å². The molecule has 1 N–H and O–H groups in total. The summed E-state index contributed by atoms with van der Waals surface area (Å²) in [5.74, 6) is 0.795. The number of methoxy groups -OCH3 is 1. The van der Waals surface area contributed by atoms with Gasteiger partial charge in [0.05, 0.1) is 18.8 Å². The second-order valence-electron chi connectivity index (χ2n) is 3.43. The lowest BCUT2D eigenvalue weighted by atomic mass is 10.1. The van der Waals surface area contributed by atoms with Crippen LogP contribution in [0, 0.1) is 0 Å². The molecule has 0 spiro atoms. The summed E-state index contributed by atoms with van der Waals surface area (Å²) in [7, 11) is 3.59. The zero-order valence-corrected chi connectivity index (χ0v) is 8.95. The van der Waals surface area contributed by atoms with Crippen molar-refractivity contribution in [2.75, 3.05) is 14.2 Å². The molecule has 3 heteroatoms. The first-order chi connectivity index (χ1) is 7.33. The number of rotatable bonds is 3. The van der Waals surface area contributed by atoms with Gasteiger partial charge in [-0.25, -0.2) is 0 Å². The van der Waals surface area contributed by atoms with E-state index < -0.39 is 0 Å². The molecular formula is C12H14N2O. The van der Waals surface area contributed by atoms with Crippen molar-refractivity contribution in [2.24, 2.45) is 0 Å². The van der Waals surface area contributed by atoms with Crippen LogP contribution in [-0.4, -0.2) is 19.1 Å². The van der Waals surface area contributed by atoms with Gasteiger partial charge in [-0.15, -0.1) is 0 Å². The fourth-order valence-corrected chi connectivity index (χ4v) is 1.59. The first-order valence-corrected chi connectivity index (χ1v) is 4.91. The highest BCUT2D eigenvalue weighted by Gasteiger charge is 1.99. The topological polar surface area (TPSA) is 34.2 Å². The molecule has 0 aliphatic rings. The van der Waals surface area contributed by atoms with Gasteiger partial charge in [0.15, 0.2) is 0 Å². The third-order valence-electron chi connectivity index (χ3n) is 2.34.